The second-order valence-corrected chi connectivity index (χ2v) is 7.60. The number of nitrogen functional groups attached to an aromatic ring is 1. The van der Waals surface area contributed by atoms with Gasteiger partial charge in [0.25, 0.3) is 11.8 Å². The van der Waals surface area contributed by atoms with Gasteiger partial charge in [-0.1, -0.05) is 18.1 Å². The smallest absolute Gasteiger partial charge is 0.380 e. The first-order valence-electron chi connectivity index (χ1n) is 10.2. The zero-order valence-corrected chi connectivity index (χ0v) is 17.8. The van der Waals surface area contributed by atoms with Gasteiger partial charge < -0.3 is 25.4 Å². The molecule has 1 unspecified atom stereocenters. The molecule has 2 atom stereocenters. The molecule has 3 heterocycles. The number of carbonyl (C=O) groups excluding carboxylic acids is 2. The van der Waals surface area contributed by atoms with Gasteiger partial charge in [0.05, 0.1) is 18.5 Å². The topological polar surface area (TPSA) is 144 Å². The summed E-state index contributed by atoms with van der Waals surface area (Å²) in [6.07, 6.45) is -6.82. The molecule has 4 rings (SSSR count). The highest BCUT2D eigenvalue weighted by Crippen LogP contribution is 2.33. The van der Waals surface area contributed by atoms with Crippen LogP contribution < -0.4 is 16.0 Å². The Labute approximate surface area is 190 Å². The number of morpholine rings is 1. The first kappa shape index (κ1) is 23.4. The molecule has 2 amide bonds. The van der Waals surface area contributed by atoms with Gasteiger partial charge in [0.1, 0.15) is 11.5 Å². The van der Waals surface area contributed by atoms with Crippen LogP contribution in [0.4, 0.5) is 30.5 Å². The highest BCUT2D eigenvalue weighted by molar-refractivity contribution is 6.06. The lowest BCUT2D eigenvalue weighted by molar-refractivity contribution is -0.175. The van der Waals surface area contributed by atoms with Crippen molar-refractivity contribution >= 4 is 40.1 Å². The summed E-state index contributed by atoms with van der Waals surface area (Å²) in [5.41, 5.74) is 2.99. The number of amides is 2. The summed E-state index contributed by atoms with van der Waals surface area (Å²) in [5.74, 6) is -1.93. The van der Waals surface area contributed by atoms with E-state index in [1.165, 1.54) is 25.1 Å². The standard InChI is InChI=1S/C21H20F3N5O5/c1-2-20(16(30)18(31)26-11-6-7-12-13(10-11)34-28-17(12)25)19(32)29(8-9-33-20)15-5-3-4-14(27-15)21(22,23)24/h3-7,10,16,30H,2,8-9H2,1H3,(H2,25,28)(H,26,31)/t16-,20?/m0/s1. The van der Waals surface area contributed by atoms with Crippen molar-refractivity contribution in [3.8, 4) is 0 Å². The van der Waals surface area contributed by atoms with Crippen molar-refractivity contribution in [1.82, 2.24) is 10.1 Å². The fraction of sp³-hybridized carbons (Fsp3) is 0.333. The molecule has 0 aliphatic carbocycles. The van der Waals surface area contributed by atoms with Gasteiger partial charge in [-0.3, -0.25) is 14.5 Å². The van der Waals surface area contributed by atoms with Crippen LogP contribution in [-0.4, -0.2) is 51.9 Å². The molecule has 180 valence electrons. The lowest BCUT2D eigenvalue weighted by atomic mass is 9.89. The molecule has 1 aromatic carbocycles. The quantitative estimate of drug-likeness (QED) is 0.506. The number of carbonyl (C=O) groups is 2. The number of fused-ring (bicyclic) bond motifs is 1. The number of rotatable bonds is 5. The van der Waals surface area contributed by atoms with Crippen LogP contribution in [-0.2, 0) is 20.5 Å². The number of nitrogens with zero attached hydrogens (tertiary/aromatic N) is 3. The molecule has 1 aliphatic rings. The number of pyridine rings is 1. The molecule has 0 radical (unpaired) electrons. The van der Waals surface area contributed by atoms with E-state index < -0.39 is 35.4 Å². The second kappa shape index (κ2) is 8.57. The Morgan fingerprint density at radius 3 is 2.82 bits per heavy atom. The number of halogens is 3. The van der Waals surface area contributed by atoms with Crippen LogP contribution >= 0.6 is 0 Å². The number of anilines is 3. The first-order chi connectivity index (χ1) is 16.1. The maximum absolute atomic E-state index is 13.3. The Hall–Kier alpha value is -3.71. The number of aliphatic hydroxyl groups excluding tert-OH is 1. The summed E-state index contributed by atoms with van der Waals surface area (Å²) in [4.78, 5) is 30.7. The fourth-order valence-corrected chi connectivity index (χ4v) is 3.76. The van der Waals surface area contributed by atoms with Crippen LogP contribution in [0.15, 0.2) is 40.9 Å². The molecule has 2 aromatic heterocycles. The number of alkyl halides is 3. The van der Waals surface area contributed by atoms with Gasteiger partial charge in [0.15, 0.2) is 23.1 Å². The summed E-state index contributed by atoms with van der Waals surface area (Å²) >= 11 is 0. The van der Waals surface area contributed by atoms with Gasteiger partial charge in [-0.15, -0.1) is 0 Å². The minimum atomic E-state index is -4.71. The minimum Gasteiger partial charge on any atom is -0.380 e. The predicted octanol–water partition coefficient (Wildman–Crippen LogP) is 2.34. The molecule has 1 fully saturated rings. The van der Waals surface area contributed by atoms with Crippen LogP contribution in [0.1, 0.15) is 19.0 Å². The first-order valence-corrected chi connectivity index (χ1v) is 10.2. The molecule has 1 saturated heterocycles. The van der Waals surface area contributed by atoms with E-state index in [9.17, 15) is 27.9 Å². The number of nitrogens with one attached hydrogen (secondary N) is 1. The number of aromatic nitrogens is 2. The van der Waals surface area contributed by atoms with Crippen molar-refractivity contribution in [2.75, 3.05) is 29.1 Å². The van der Waals surface area contributed by atoms with E-state index in [0.717, 1.165) is 17.0 Å². The van der Waals surface area contributed by atoms with E-state index in [1.54, 1.807) is 6.07 Å². The van der Waals surface area contributed by atoms with Gasteiger partial charge in [-0.2, -0.15) is 13.2 Å². The largest absolute Gasteiger partial charge is 0.433 e. The third-order valence-corrected chi connectivity index (χ3v) is 5.57. The van der Waals surface area contributed by atoms with Crippen LogP contribution in [0.3, 0.4) is 0 Å². The number of aliphatic hydroxyl groups is 1. The third-order valence-electron chi connectivity index (χ3n) is 5.57. The third kappa shape index (κ3) is 4.03. The minimum absolute atomic E-state index is 0.104. The summed E-state index contributed by atoms with van der Waals surface area (Å²) in [6, 6.07) is 7.64. The zero-order chi connectivity index (χ0) is 24.7. The molecule has 4 N–H and O–H groups in total. The molecule has 3 aromatic rings. The van der Waals surface area contributed by atoms with Crippen molar-refractivity contribution in [2.45, 2.75) is 31.2 Å². The second-order valence-electron chi connectivity index (χ2n) is 7.60. The Bertz CT molecular complexity index is 1250. The van der Waals surface area contributed by atoms with Gasteiger partial charge in [0.2, 0.25) is 0 Å². The van der Waals surface area contributed by atoms with Crippen LogP contribution in [0.5, 0.6) is 0 Å². The molecule has 0 spiro atoms. The summed E-state index contributed by atoms with van der Waals surface area (Å²) < 4.78 is 49.9. The molecule has 0 saturated carbocycles. The van der Waals surface area contributed by atoms with Gasteiger partial charge in [-0.25, -0.2) is 4.98 Å². The van der Waals surface area contributed by atoms with Crippen molar-refractivity contribution in [1.29, 1.82) is 0 Å². The Kier molecular flexibility index (Phi) is 5.91. The summed E-state index contributed by atoms with van der Waals surface area (Å²) in [7, 11) is 0. The zero-order valence-electron chi connectivity index (χ0n) is 17.8. The Balaban J connectivity index is 1.59. The number of benzene rings is 1. The number of nitrogens with two attached hydrogens (primary N) is 1. The lowest BCUT2D eigenvalue weighted by Crippen LogP contribution is -2.65. The molecular formula is C21H20F3N5O5. The normalized spacial score (nSPS) is 19.9. The average Bonchev–Trinajstić information content (AvgIpc) is 3.18. The van der Waals surface area contributed by atoms with Crippen LogP contribution in [0.2, 0.25) is 0 Å². The van der Waals surface area contributed by atoms with E-state index in [4.69, 9.17) is 15.0 Å². The van der Waals surface area contributed by atoms with E-state index in [1.807, 2.05) is 0 Å². The highest BCUT2D eigenvalue weighted by Gasteiger charge is 2.53. The average molecular weight is 479 g/mol. The maximum Gasteiger partial charge on any atom is 0.433 e. The molecule has 34 heavy (non-hydrogen) atoms. The van der Waals surface area contributed by atoms with E-state index in [-0.39, 0.29) is 36.9 Å². The molecule has 10 nitrogen and oxygen atoms in total. The van der Waals surface area contributed by atoms with E-state index in [2.05, 4.69) is 15.5 Å². The van der Waals surface area contributed by atoms with E-state index in [0.29, 0.717) is 11.0 Å². The van der Waals surface area contributed by atoms with Gasteiger partial charge >= 0.3 is 6.18 Å². The van der Waals surface area contributed by atoms with Crippen LogP contribution in [0.25, 0.3) is 11.0 Å². The van der Waals surface area contributed by atoms with Crippen molar-refractivity contribution in [2.24, 2.45) is 0 Å². The Morgan fingerprint density at radius 2 is 2.12 bits per heavy atom. The van der Waals surface area contributed by atoms with E-state index >= 15 is 0 Å². The highest BCUT2D eigenvalue weighted by atomic mass is 19.4. The number of hydrogen-bond acceptors (Lipinski definition) is 8. The molecule has 13 heteroatoms. The molecular weight excluding hydrogens is 459 g/mol. The Morgan fingerprint density at radius 1 is 1.35 bits per heavy atom. The fourth-order valence-electron chi connectivity index (χ4n) is 3.76. The van der Waals surface area contributed by atoms with Crippen molar-refractivity contribution < 1.29 is 37.1 Å². The number of hydrogen-bond donors (Lipinski definition) is 3. The van der Waals surface area contributed by atoms with Crippen LogP contribution in [0, 0.1) is 0 Å². The van der Waals surface area contributed by atoms with Crippen molar-refractivity contribution in [3.63, 3.8) is 0 Å². The van der Waals surface area contributed by atoms with Crippen molar-refractivity contribution in [3.05, 3.63) is 42.1 Å². The summed E-state index contributed by atoms with van der Waals surface area (Å²) in [6.45, 7) is 1.28. The maximum atomic E-state index is 13.3. The van der Waals surface area contributed by atoms with Gasteiger partial charge in [0, 0.05) is 11.8 Å². The lowest BCUT2D eigenvalue weighted by Gasteiger charge is -2.42. The molecule has 1 aliphatic heterocycles. The van der Waals surface area contributed by atoms with Gasteiger partial charge in [-0.05, 0) is 30.7 Å². The monoisotopic (exact) mass is 479 g/mol. The SMILES string of the molecule is CCC1([C@@H](O)C(=O)Nc2ccc3c(N)noc3c2)OCCN(c2cccc(C(F)(F)F)n2)C1=O. The molecule has 0 bridgehead atoms. The summed E-state index contributed by atoms with van der Waals surface area (Å²) in [5, 5.41) is 17.5. The number of ether oxygens (including phenoxy) is 1. The predicted molar refractivity (Wildman–Crippen MR) is 114 cm³/mol.